The number of benzene rings is 3. The van der Waals surface area contributed by atoms with Gasteiger partial charge in [-0.1, -0.05) is 24.3 Å². The molecule has 3 aromatic carbocycles. The molecule has 48 heavy (non-hydrogen) atoms. The van der Waals surface area contributed by atoms with Crippen molar-refractivity contribution < 1.29 is 13.2 Å². The number of methoxy groups -OCH3 is 1. The quantitative estimate of drug-likeness (QED) is 0.211. The first-order chi connectivity index (χ1) is 23.1. The summed E-state index contributed by atoms with van der Waals surface area (Å²) in [5.74, 6) is 1.60. The molecule has 0 amide bonds. The van der Waals surface area contributed by atoms with Gasteiger partial charge in [0.2, 0.25) is 5.95 Å². The zero-order valence-electron chi connectivity index (χ0n) is 28.4. The third-order valence-corrected chi connectivity index (χ3v) is 12.8. The maximum atomic E-state index is 13.2. The van der Waals surface area contributed by atoms with Crippen molar-refractivity contribution in [2.45, 2.75) is 55.7 Å². The van der Waals surface area contributed by atoms with Crippen LogP contribution in [0.15, 0.2) is 71.6 Å². The van der Waals surface area contributed by atoms with E-state index in [-0.39, 0.29) is 4.90 Å². The van der Waals surface area contributed by atoms with Crippen molar-refractivity contribution in [2.24, 2.45) is 5.41 Å². The van der Waals surface area contributed by atoms with E-state index in [1.165, 1.54) is 51.9 Å². The maximum Gasteiger partial charge on any atom is 0.229 e. The molecule has 0 radical (unpaired) electrons. The number of aromatic nitrogens is 2. The summed E-state index contributed by atoms with van der Waals surface area (Å²) in [6.07, 6.45) is 5.04. The SMILES string of the molecule is COc1cc(N2CCC(N3CCC4(CCN(C)C4)C3)CC2)ccc1Nc1nc(Nc2ccccc2S(=O)(=O)C(C)C)c2ccccc2n1. The van der Waals surface area contributed by atoms with Crippen LogP contribution in [0, 0.1) is 5.41 Å². The Morgan fingerprint density at radius 2 is 1.62 bits per heavy atom. The molecule has 3 fully saturated rings. The van der Waals surface area contributed by atoms with Crippen molar-refractivity contribution >= 4 is 49.6 Å². The van der Waals surface area contributed by atoms with E-state index in [1.807, 2.05) is 36.4 Å². The van der Waals surface area contributed by atoms with E-state index in [9.17, 15) is 8.42 Å². The summed E-state index contributed by atoms with van der Waals surface area (Å²) >= 11 is 0. The molecular weight excluding hydrogens is 623 g/mol. The summed E-state index contributed by atoms with van der Waals surface area (Å²) < 4.78 is 32.2. The number of nitrogens with zero attached hydrogens (tertiary/aromatic N) is 5. The van der Waals surface area contributed by atoms with Gasteiger partial charge in [-0.05, 0) is 101 Å². The normalized spacial score (nSPS) is 21.1. The zero-order valence-corrected chi connectivity index (χ0v) is 29.3. The number of anilines is 5. The second kappa shape index (κ2) is 13.2. The van der Waals surface area contributed by atoms with Crippen molar-refractivity contribution in [3.05, 3.63) is 66.7 Å². The topological polar surface area (TPSA) is 103 Å². The van der Waals surface area contributed by atoms with E-state index in [2.05, 4.69) is 44.5 Å². The molecule has 1 aromatic heterocycles. The lowest BCUT2D eigenvalue weighted by molar-refractivity contribution is 0.178. The summed E-state index contributed by atoms with van der Waals surface area (Å²) in [5, 5.41) is 6.91. The van der Waals surface area contributed by atoms with Crippen molar-refractivity contribution in [2.75, 3.05) is 69.0 Å². The molecule has 4 aromatic rings. The molecule has 0 bridgehead atoms. The molecule has 0 aliphatic carbocycles. The zero-order chi connectivity index (χ0) is 33.5. The second-order valence-electron chi connectivity index (χ2n) is 14.1. The fraction of sp³-hybridized carbons (Fsp3) is 0.459. The highest BCUT2D eigenvalue weighted by atomic mass is 32.2. The summed E-state index contributed by atoms with van der Waals surface area (Å²) in [6, 6.07) is 21.6. The van der Waals surface area contributed by atoms with Crippen LogP contribution in [0.25, 0.3) is 10.9 Å². The van der Waals surface area contributed by atoms with Crippen molar-refractivity contribution in [3.8, 4) is 5.75 Å². The predicted molar refractivity (Wildman–Crippen MR) is 194 cm³/mol. The van der Waals surface area contributed by atoms with E-state index in [0.29, 0.717) is 34.7 Å². The first-order valence-electron chi connectivity index (χ1n) is 17.1. The Morgan fingerprint density at radius 1 is 0.875 bits per heavy atom. The Balaban J connectivity index is 1.08. The first kappa shape index (κ1) is 32.6. The lowest BCUT2D eigenvalue weighted by atomic mass is 9.86. The molecule has 3 saturated heterocycles. The van der Waals surface area contributed by atoms with Gasteiger partial charge < -0.3 is 25.2 Å². The van der Waals surface area contributed by atoms with Gasteiger partial charge in [-0.15, -0.1) is 0 Å². The standard InChI is InChI=1S/C37H47N7O3S/c1-26(2)48(45,46)34-12-8-7-11-32(34)38-35-29-9-5-6-10-30(29)39-36(41-35)40-31-14-13-28(23-33(31)47-4)43-19-15-27(16-20-43)44-22-18-37(25-44)17-21-42(3)24-37/h5-14,23,26-27H,15-22,24-25H2,1-4H3,(H2,38,39,40,41). The lowest BCUT2D eigenvalue weighted by Crippen LogP contribution is -2.45. The minimum atomic E-state index is -3.52. The van der Waals surface area contributed by atoms with Gasteiger partial charge in [-0.3, -0.25) is 4.90 Å². The largest absolute Gasteiger partial charge is 0.494 e. The highest BCUT2D eigenvalue weighted by molar-refractivity contribution is 7.92. The summed E-state index contributed by atoms with van der Waals surface area (Å²) in [6.45, 7) is 10.4. The van der Waals surface area contributed by atoms with Crippen LogP contribution in [0.4, 0.5) is 28.8 Å². The first-order valence-corrected chi connectivity index (χ1v) is 18.7. The molecule has 4 heterocycles. The number of hydrogen-bond donors (Lipinski definition) is 2. The molecule has 3 aliphatic rings. The van der Waals surface area contributed by atoms with E-state index >= 15 is 0 Å². The number of rotatable bonds is 9. The molecule has 254 valence electrons. The van der Waals surface area contributed by atoms with Gasteiger partial charge in [-0.2, -0.15) is 4.98 Å². The van der Waals surface area contributed by atoms with Crippen LogP contribution in [0.1, 0.15) is 39.5 Å². The average molecular weight is 670 g/mol. The van der Waals surface area contributed by atoms with E-state index < -0.39 is 15.1 Å². The van der Waals surface area contributed by atoms with Crippen molar-refractivity contribution in [3.63, 3.8) is 0 Å². The molecule has 1 spiro atoms. The summed E-state index contributed by atoms with van der Waals surface area (Å²) in [5.41, 5.74) is 3.62. The fourth-order valence-electron chi connectivity index (χ4n) is 7.79. The van der Waals surface area contributed by atoms with Crippen molar-refractivity contribution in [1.82, 2.24) is 19.8 Å². The Bertz CT molecular complexity index is 1890. The third kappa shape index (κ3) is 6.43. The lowest BCUT2D eigenvalue weighted by Gasteiger charge is -2.38. The van der Waals surface area contributed by atoms with Gasteiger partial charge in [-0.25, -0.2) is 13.4 Å². The number of nitrogens with one attached hydrogen (secondary N) is 2. The maximum absolute atomic E-state index is 13.2. The summed E-state index contributed by atoms with van der Waals surface area (Å²) in [7, 11) is 0.422. The monoisotopic (exact) mass is 669 g/mol. The molecule has 1 atom stereocenters. The van der Waals surface area contributed by atoms with E-state index in [0.717, 1.165) is 35.4 Å². The molecule has 7 rings (SSSR count). The van der Waals surface area contributed by atoms with Gasteiger partial charge in [0.1, 0.15) is 11.6 Å². The van der Waals surface area contributed by atoms with Gasteiger partial charge in [0.15, 0.2) is 9.84 Å². The average Bonchev–Trinajstić information content (AvgIpc) is 3.69. The molecule has 11 heteroatoms. The third-order valence-electron chi connectivity index (χ3n) is 10.5. The minimum Gasteiger partial charge on any atom is -0.494 e. The van der Waals surface area contributed by atoms with E-state index in [4.69, 9.17) is 14.7 Å². The van der Waals surface area contributed by atoms with Gasteiger partial charge in [0.25, 0.3) is 0 Å². The number of fused-ring (bicyclic) bond motifs is 1. The van der Waals surface area contributed by atoms with Gasteiger partial charge in [0.05, 0.1) is 34.1 Å². The van der Waals surface area contributed by atoms with Crippen LogP contribution in [-0.4, -0.2) is 92.9 Å². The van der Waals surface area contributed by atoms with Gasteiger partial charge in [0, 0.05) is 49.4 Å². The molecular formula is C37H47N7O3S. The summed E-state index contributed by atoms with van der Waals surface area (Å²) in [4.78, 5) is 17.6. The second-order valence-corrected chi connectivity index (χ2v) is 16.5. The van der Waals surface area contributed by atoms with Crippen LogP contribution < -0.4 is 20.3 Å². The van der Waals surface area contributed by atoms with Crippen LogP contribution in [0.3, 0.4) is 0 Å². The van der Waals surface area contributed by atoms with Crippen LogP contribution >= 0.6 is 0 Å². The van der Waals surface area contributed by atoms with Gasteiger partial charge >= 0.3 is 0 Å². The minimum absolute atomic E-state index is 0.240. The molecule has 3 aliphatic heterocycles. The number of para-hydroxylation sites is 2. The number of likely N-dealkylation sites (tertiary alicyclic amines) is 2. The van der Waals surface area contributed by atoms with Crippen LogP contribution in [-0.2, 0) is 9.84 Å². The smallest absolute Gasteiger partial charge is 0.229 e. The Hall–Kier alpha value is -3.93. The fourth-order valence-corrected chi connectivity index (χ4v) is 8.99. The van der Waals surface area contributed by atoms with Crippen LogP contribution in [0.2, 0.25) is 0 Å². The molecule has 10 nitrogen and oxygen atoms in total. The Labute approximate surface area is 284 Å². The van der Waals surface area contributed by atoms with E-state index in [1.54, 1.807) is 39.2 Å². The highest BCUT2D eigenvalue weighted by Gasteiger charge is 2.44. The molecule has 2 N–H and O–H groups in total. The number of sulfone groups is 1. The number of piperidine rings is 1. The number of hydrogen-bond acceptors (Lipinski definition) is 10. The Morgan fingerprint density at radius 3 is 2.38 bits per heavy atom. The number of ether oxygens (including phenoxy) is 1. The molecule has 1 unspecified atom stereocenters. The molecule has 0 saturated carbocycles. The predicted octanol–water partition coefficient (Wildman–Crippen LogP) is 6.30. The van der Waals surface area contributed by atoms with Crippen molar-refractivity contribution in [1.29, 1.82) is 0 Å². The Kier molecular flexibility index (Phi) is 8.95. The highest BCUT2D eigenvalue weighted by Crippen LogP contribution is 2.41. The van der Waals surface area contributed by atoms with Crippen LogP contribution in [0.5, 0.6) is 5.75 Å².